The first-order valence-corrected chi connectivity index (χ1v) is 8.95. The van der Waals surface area contributed by atoms with Gasteiger partial charge in [0.15, 0.2) is 0 Å². The molecule has 4 heteroatoms. The van der Waals surface area contributed by atoms with Crippen molar-refractivity contribution in [2.75, 3.05) is 26.2 Å². The molecule has 0 radical (unpaired) electrons. The highest BCUT2D eigenvalue weighted by Gasteiger charge is 2.07. The molecule has 0 saturated heterocycles. The van der Waals surface area contributed by atoms with Crippen LogP contribution in [0.1, 0.15) is 6.42 Å². The van der Waals surface area contributed by atoms with Crippen LogP contribution in [0.15, 0.2) is 11.8 Å². The van der Waals surface area contributed by atoms with Gasteiger partial charge in [-0.15, -0.1) is 0 Å². The highest BCUT2D eigenvalue weighted by Crippen LogP contribution is 2.02. The van der Waals surface area contributed by atoms with Gasteiger partial charge >= 0.3 is 0 Å². The highest BCUT2D eigenvalue weighted by atomic mass is 28.3. The minimum atomic E-state index is -1.11. The van der Waals surface area contributed by atoms with Crippen molar-refractivity contribution in [2.45, 2.75) is 26.1 Å². The molecule has 1 N–H and O–H groups in total. The first-order chi connectivity index (χ1) is 6.99. The molecule has 0 fully saturated rings. The maximum absolute atomic E-state index is 8.86. The Kier molecular flexibility index (Phi) is 7.31. The summed E-state index contributed by atoms with van der Waals surface area (Å²) in [4.78, 5) is 2.10. The Morgan fingerprint density at radius 3 is 2.47 bits per heavy atom. The molecular weight excluding hydrogens is 204 g/mol. The number of nitrogens with zero attached hydrogens (tertiary/aromatic N) is 2. The Bertz CT molecular complexity index is 228. The van der Waals surface area contributed by atoms with Gasteiger partial charge < -0.3 is 5.11 Å². The van der Waals surface area contributed by atoms with Crippen molar-refractivity contribution in [1.82, 2.24) is 4.90 Å². The van der Waals surface area contributed by atoms with Gasteiger partial charge in [0.05, 0.1) is 20.7 Å². The summed E-state index contributed by atoms with van der Waals surface area (Å²) >= 11 is 0. The van der Waals surface area contributed by atoms with E-state index in [1.807, 2.05) is 0 Å². The van der Waals surface area contributed by atoms with Crippen LogP contribution in [0, 0.1) is 11.3 Å². The van der Waals surface area contributed by atoms with Crippen LogP contribution in [0.4, 0.5) is 0 Å². The number of hydrogen-bond donors (Lipinski definition) is 1. The molecule has 0 rings (SSSR count). The molecule has 0 bridgehead atoms. The Morgan fingerprint density at radius 2 is 2.00 bits per heavy atom. The van der Waals surface area contributed by atoms with Crippen LogP contribution >= 0.6 is 0 Å². The molecular formula is C11H22N2OSi. The zero-order valence-electron chi connectivity index (χ0n) is 10.0. The van der Waals surface area contributed by atoms with Crippen molar-refractivity contribution in [2.24, 2.45) is 0 Å². The molecule has 0 amide bonds. The Hall–Kier alpha value is -0.633. The summed E-state index contributed by atoms with van der Waals surface area (Å²) in [7, 11) is -1.11. The lowest BCUT2D eigenvalue weighted by atomic mass is 10.4. The quantitative estimate of drug-likeness (QED) is 0.671. The fourth-order valence-corrected chi connectivity index (χ4v) is 2.01. The molecule has 0 aliphatic rings. The van der Waals surface area contributed by atoms with E-state index in [0.717, 1.165) is 13.1 Å². The van der Waals surface area contributed by atoms with Crippen molar-refractivity contribution < 1.29 is 5.11 Å². The van der Waals surface area contributed by atoms with Gasteiger partial charge in [-0.2, -0.15) is 5.26 Å². The third kappa shape index (κ3) is 9.67. The van der Waals surface area contributed by atoms with Gasteiger partial charge in [0, 0.05) is 26.1 Å². The van der Waals surface area contributed by atoms with E-state index in [4.69, 9.17) is 10.4 Å². The Morgan fingerprint density at radius 1 is 1.33 bits per heavy atom. The summed E-state index contributed by atoms with van der Waals surface area (Å²) < 4.78 is 0. The molecule has 0 aliphatic heterocycles. The van der Waals surface area contributed by atoms with Gasteiger partial charge in [-0.3, -0.25) is 4.90 Å². The van der Waals surface area contributed by atoms with Crippen LogP contribution in [0.5, 0.6) is 0 Å². The van der Waals surface area contributed by atoms with Crippen LogP contribution in [-0.2, 0) is 0 Å². The van der Waals surface area contributed by atoms with Crippen LogP contribution in [0.3, 0.4) is 0 Å². The second-order valence-corrected chi connectivity index (χ2v) is 9.77. The maximum atomic E-state index is 8.86. The van der Waals surface area contributed by atoms with Crippen LogP contribution in [0.2, 0.25) is 19.6 Å². The molecule has 15 heavy (non-hydrogen) atoms. The van der Waals surface area contributed by atoms with Crippen LogP contribution in [-0.4, -0.2) is 44.3 Å². The summed E-state index contributed by atoms with van der Waals surface area (Å²) in [6.07, 6.45) is 2.69. The van der Waals surface area contributed by atoms with Gasteiger partial charge in [0.25, 0.3) is 0 Å². The standard InChI is InChI=1S/C11H22N2OSi/c1-15(2,3)11-5-8-13(9-10-14)7-4-6-12/h5,11,14H,4,7-10H2,1-3H3. The zero-order chi connectivity index (χ0) is 11.7. The van der Waals surface area contributed by atoms with Crippen molar-refractivity contribution in [3.63, 3.8) is 0 Å². The van der Waals surface area contributed by atoms with Gasteiger partial charge in [0.1, 0.15) is 0 Å². The molecule has 0 spiro atoms. The molecule has 0 atom stereocenters. The average Bonchev–Trinajstić information content (AvgIpc) is 2.12. The summed E-state index contributed by atoms with van der Waals surface area (Å²) in [5.74, 6) is 0. The molecule has 0 saturated carbocycles. The maximum Gasteiger partial charge on any atom is 0.0683 e. The molecule has 0 heterocycles. The molecule has 0 unspecified atom stereocenters. The third-order valence-corrected chi connectivity index (χ3v) is 3.17. The minimum absolute atomic E-state index is 0.159. The Labute approximate surface area is 94.0 Å². The van der Waals surface area contributed by atoms with Crippen molar-refractivity contribution >= 4 is 8.07 Å². The average molecular weight is 226 g/mol. The first-order valence-electron chi connectivity index (χ1n) is 5.37. The minimum Gasteiger partial charge on any atom is -0.395 e. The number of rotatable bonds is 7. The van der Waals surface area contributed by atoms with E-state index in [2.05, 4.69) is 42.4 Å². The largest absolute Gasteiger partial charge is 0.395 e. The van der Waals surface area contributed by atoms with Crippen LogP contribution < -0.4 is 0 Å². The van der Waals surface area contributed by atoms with E-state index in [9.17, 15) is 0 Å². The number of aliphatic hydroxyl groups excluding tert-OH is 1. The Balaban J connectivity index is 3.95. The number of aliphatic hydroxyl groups is 1. The number of nitriles is 1. The summed E-state index contributed by atoms with van der Waals surface area (Å²) in [6.45, 7) is 9.25. The van der Waals surface area contributed by atoms with Crippen molar-refractivity contribution in [3.05, 3.63) is 11.8 Å². The lowest BCUT2D eigenvalue weighted by Gasteiger charge is -2.18. The summed E-state index contributed by atoms with van der Waals surface area (Å²) in [6, 6.07) is 2.12. The second kappa shape index (κ2) is 7.63. The topological polar surface area (TPSA) is 47.3 Å². The molecule has 0 aromatic heterocycles. The summed E-state index contributed by atoms with van der Waals surface area (Å²) in [5, 5.41) is 17.3. The van der Waals surface area contributed by atoms with Crippen LogP contribution in [0.25, 0.3) is 0 Å². The van der Waals surface area contributed by atoms with Gasteiger partial charge in [-0.05, 0) is 0 Å². The van der Waals surface area contributed by atoms with Crippen molar-refractivity contribution in [1.29, 1.82) is 5.26 Å². The van der Waals surface area contributed by atoms with E-state index in [1.165, 1.54) is 0 Å². The van der Waals surface area contributed by atoms with E-state index in [1.54, 1.807) is 0 Å². The van der Waals surface area contributed by atoms with Gasteiger partial charge in [-0.1, -0.05) is 31.4 Å². The van der Waals surface area contributed by atoms with Gasteiger partial charge in [-0.25, -0.2) is 0 Å². The first kappa shape index (κ1) is 14.4. The van der Waals surface area contributed by atoms with Gasteiger partial charge in [0.2, 0.25) is 0 Å². The number of hydrogen-bond acceptors (Lipinski definition) is 3. The molecule has 0 aliphatic carbocycles. The SMILES string of the molecule is C[Si](C)(C)C=CCN(CCO)CCC#N. The fourth-order valence-electron chi connectivity index (χ4n) is 1.20. The lowest BCUT2D eigenvalue weighted by Crippen LogP contribution is -2.28. The van der Waals surface area contributed by atoms with E-state index in [-0.39, 0.29) is 6.61 Å². The predicted molar refractivity (Wildman–Crippen MR) is 66.2 cm³/mol. The molecule has 86 valence electrons. The molecule has 0 aromatic carbocycles. The van der Waals surface area contributed by atoms with E-state index >= 15 is 0 Å². The predicted octanol–water partition coefficient (Wildman–Crippen LogP) is 1.63. The fraction of sp³-hybridized carbons (Fsp3) is 0.727. The second-order valence-electron chi connectivity index (χ2n) is 4.70. The molecule has 0 aromatic rings. The lowest BCUT2D eigenvalue weighted by molar-refractivity contribution is 0.211. The van der Waals surface area contributed by atoms with E-state index in [0.29, 0.717) is 13.0 Å². The van der Waals surface area contributed by atoms with Crippen molar-refractivity contribution in [3.8, 4) is 6.07 Å². The van der Waals surface area contributed by atoms with E-state index < -0.39 is 8.07 Å². The highest BCUT2D eigenvalue weighted by molar-refractivity contribution is 6.80. The smallest absolute Gasteiger partial charge is 0.0683 e. The zero-order valence-corrected chi connectivity index (χ0v) is 11.0. The summed E-state index contributed by atoms with van der Waals surface area (Å²) in [5.41, 5.74) is 2.30. The molecule has 3 nitrogen and oxygen atoms in total. The monoisotopic (exact) mass is 226 g/mol. The normalized spacial score (nSPS) is 12.3. The third-order valence-electron chi connectivity index (χ3n) is 1.94.